The lowest BCUT2D eigenvalue weighted by molar-refractivity contribution is -0.116. The lowest BCUT2D eigenvalue weighted by Gasteiger charge is -2.15. The van der Waals surface area contributed by atoms with Gasteiger partial charge in [-0.05, 0) is 24.3 Å². The minimum absolute atomic E-state index is 0.0264. The van der Waals surface area contributed by atoms with Crippen molar-refractivity contribution in [3.63, 3.8) is 0 Å². The topological polar surface area (TPSA) is 83.6 Å². The maximum absolute atomic E-state index is 12.4. The van der Waals surface area contributed by atoms with Crippen LogP contribution in [0.25, 0.3) is 0 Å². The van der Waals surface area contributed by atoms with Gasteiger partial charge in [0.05, 0.1) is 16.3 Å². The first-order valence-electron chi connectivity index (χ1n) is 7.12. The smallest absolute Gasteiger partial charge is 0.269 e. The van der Waals surface area contributed by atoms with Gasteiger partial charge in [-0.2, -0.15) is 0 Å². The zero-order valence-corrected chi connectivity index (χ0v) is 14.0. The molecule has 0 radical (unpaired) electrons. The van der Waals surface area contributed by atoms with Crippen molar-refractivity contribution in [2.45, 2.75) is 11.3 Å². The summed E-state index contributed by atoms with van der Waals surface area (Å²) in [7, 11) is -3.89. The van der Waals surface area contributed by atoms with E-state index in [0.717, 1.165) is 4.31 Å². The van der Waals surface area contributed by atoms with Crippen LogP contribution in [0.3, 0.4) is 0 Å². The van der Waals surface area contributed by atoms with Crippen LogP contribution in [0.15, 0.2) is 53.4 Å². The average molecular weight is 365 g/mol. The summed E-state index contributed by atoms with van der Waals surface area (Å²) < 4.78 is 25.5. The number of hydrogen-bond donors (Lipinski definition) is 1. The second-order valence-electron chi connectivity index (χ2n) is 5.16. The molecule has 124 valence electrons. The molecule has 3 rings (SSSR count). The summed E-state index contributed by atoms with van der Waals surface area (Å²) in [4.78, 5) is 24.2. The summed E-state index contributed by atoms with van der Waals surface area (Å²) in [5.41, 5.74) is 0.562. The van der Waals surface area contributed by atoms with Gasteiger partial charge in [-0.3, -0.25) is 9.59 Å². The van der Waals surface area contributed by atoms with Crippen LogP contribution < -0.4 is 5.32 Å². The van der Waals surface area contributed by atoms with Crippen LogP contribution in [0.5, 0.6) is 0 Å². The number of para-hydroxylation sites is 1. The Balaban J connectivity index is 1.71. The van der Waals surface area contributed by atoms with Gasteiger partial charge in [0.1, 0.15) is 4.90 Å². The number of halogens is 1. The molecule has 0 saturated carbocycles. The van der Waals surface area contributed by atoms with E-state index in [1.165, 1.54) is 12.1 Å². The fraction of sp³-hybridized carbons (Fsp3) is 0.125. The van der Waals surface area contributed by atoms with Crippen LogP contribution in [0.1, 0.15) is 16.8 Å². The molecule has 1 N–H and O–H groups in total. The summed E-state index contributed by atoms with van der Waals surface area (Å²) in [6, 6.07) is 12.7. The fourth-order valence-electron chi connectivity index (χ4n) is 2.43. The third kappa shape index (κ3) is 2.88. The molecule has 0 fully saturated rings. The van der Waals surface area contributed by atoms with Gasteiger partial charge in [0.15, 0.2) is 0 Å². The molecule has 0 aliphatic carbocycles. The van der Waals surface area contributed by atoms with E-state index in [4.69, 9.17) is 11.6 Å². The van der Waals surface area contributed by atoms with Gasteiger partial charge < -0.3 is 5.32 Å². The van der Waals surface area contributed by atoms with Gasteiger partial charge in [-0.15, -0.1) is 0 Å². The van der Waals surface area contributed by atoms with E-state index in [1.54, 1.807) is 36.4 Å². The zero-order chi connectivity index (χ0) is 17.3. The number of carbonyl (C=O) groups excluding carboxylic acids is 2. The largest absolute Gasteiger partial charge is 0.325 e. The summed E-state index contributed by atoms with van der Waals surface area (Å²) in [5.74, 6) is -1.04. The summed E-state index contributed by atoms with van der Waals surface area (Å²) >= 11 is 5.95. The Hall–Kier alpha value is -2.38. The summed E-state index contributed by atoms with van der Waals surface area (Å²) in [6.07, 6.45) is -0.163. The molecule has 2 aromatic rings. The minimum Gasteiger partial charge on any atom is -0.325 e. The van der Waals surface area contributed by atoms with Crippen LogP contribution in [0, 0.1) is 0 Å². The molecule has 1 aliphatic rings. The molecule has 0 saturated heterocycles. The fourth-order valence-corrected chi connectivity index (χ4v) is 4.18. The molecule has 2 amide bonds. The first-order chi connectivity index (χ1) is 11.4. The highest BCUT2D eigenvalue weighted by Crippen LogP contribution is 2.30. The lowest BCUT2D eigenvalue weighted by atomic mass is 10.2. The molecule has 1 heterocycles. The Labute approximate surface area is 144 Å². The number of nitrogens with one attached hydrogen (secondary N) is 1. The van der Waals surface area contributed by atoms with Crippen molar-refractivity contribution in [2.75, 3.05) is 11.9 Å². The third-order valence-electron chi connectivity index (χ3n) is 3.60. The number of carbonyl (C=O) groups is 2. The zero-order valence-electron chi connectivity index (χ0n) is 12.4. The van der Waals surface area contributed by atoms with E-state index in [0.29, 0.717) is 10.7 Å². The first-order valence-corrected chi connectivity index (χ1v) is 8.93. The number of anilines is 1. The van der Waals surface area contributed by atoms with Crippen molar-refractivity contribution >= 4 is 39.1 Å². The summed E-state index contributed by atoms with van der Waals surface area (Å²) in [6.45, 7) is -0.230. The van der Waals surface area contributed by atoms with E-state index >= 15 is 0 Å². The first kappa shape index (κ1) is 16.5. The standard InChI is InChI=1S/C16H13ClN2O4S/c17-12-6-2-3-7-13(12)18-15(20)9-10-19-16(21)11-5-1-4-8-14(11)24(19,22)23/h1-8H,9-10H2,(H,18,20). The Morgan fingerprint density at radius 1 is 1.08 bits per heavy atom. The van der Waals surface area contributed by atoms with Gasteiger partial charge in [-0.25, -0.2) is 12.7 Å². The Kier molecular flexibility index (Phi) is 4.29. The molecular weight excluding hydrogens is 352 g/mol. The molecule has 24 heavy (non-hydrogen) atoms. The van der Waals surface area contributed by atoms with Crippen molar-refractivity contribution in [1.82, 2.24) is 4.31 Å². The average Bonchev–Trinajstić information content (AvgIpc) is 2.75. The van der Waals surface area contributed by atoms with Gasteiger partial charge in [-0.1, -0.05) is 35.9 Å². The summed E-state index contributed by atoms with van der Waals surface area (Å²) in [5, 5.41) is 2.97. The maximum Gasteiger partial charge on any atom is 0.269 e. The maximum atomic E-state index is 12.4. The molecule has 2 aromatic carbocycles. The van der Waals surface area contributed by atoms with Crippen molar-refractivity contribution in [2.24, 2.45) is 0 Å². The number of rotatable bonds is 4. The van der Waals surface area contributed by atoms with Gasteiger partial charge in [0.25, 0.3) is 15.9 Å². The Morgan fingerprint density at radius 3 is 2.46 bits per heavy atom. The second kappa shape index (κ2) is 6.26. The number of hydrogen-bond acceptors (Lipinski definition) is 4. The van der Waals surface area contributed by atoms with E-state index in [9.17, 15) is 18.0 Å². The number of amides is 2. The molecule has 0 bridgehead atoms. The van der Waals surface area contributed by atoms with E-state index in [1.807, 2.05) is 0 Å². The third-order valence-corrected chi connectivity index (χ3v) is 5.77. The predicted octanol–water partition coefficient (Wildman–Crippen LogP) is 2.51. The molecule has 0 atom stereocenters. The van der Waals surface area contributed by atoms with Crippen molar-refractivity contribution in [3.05, 3.63) is 59.1 Å². The van der Waals surface area contributed by atoms with Gasteiger partial charge in [0, 0.05) is 13.0 Å². The molecule has 6 nitrogen and oxygen atoms in total. The minimum atomic E-state index is -3.89. The van der Waals surface area contributed by atoms with Crippen LogP contribution in [0.2, 0.25) is 5.02 Å². The molecule has 0 aromatic heterocycles. The van der Waals surface area contributed by atoms with E-state index in [-0.39, 0.29) is 23.4 Å². The van der Waals surface area contributed by atoms with Gasteiger partial charge >= 0.3 is 0 Å². The highest BCUT2D eigenvalue weighted by molar-refractivity contribution is 7.90. The second-order valence-corrected chi connectivity index (χ2v) is 7.39. The Morgan fingerprint density at radius 2 is 1.75 bits per heavy atom. The molecule has 1 aliphatic heterocycles. The SMILES string of the molecule is O=C(CCN1C(=O)c2ccccc2S1(=O)=O)Nc1ccccc1Cl. The van der Waals surface area contributed by atoms with Gasteiger partial charge in [0.2, 0.25) is 5.91 Å². The monoisotopic (exact) mass is 364 g/mol. The molecule has 0 unspecified atom stereocenters. The van der Waals surface area contributed by atoms with Crippen molar-refractivity contribution in [3.8, 4) is 0 Å². The normalized spacial score (nSPS) is 15.2. The van der Waals surface area contributed by atoms with Crippen molar-refractivity contribution in [1.29, 1.82) is 0 Å². The van der Waals surface area contributed by atoms with E-state index < -0.39 is 21.8 Å². The van der Waals surface area contributed by atoms with Crippen LogP contribution in [-0.4, -0.2) is 31.1 Å². The van der Waals surface area contributed by atoms with Crippen LogP contribution in [0.4, 0.5) is 5.69 Å². The highest BCUT2D eigenvalue weighted by Gasteiger charge is 2.40. The molecule has 0 spiro atoms. The van der Waals surface area contributed by atoms with Crippen LogP contribution in [-0.2, 0) is 14.8 Å². The number of nitrogens with zero attached hydrogens (tertiary/aromatic N) is 1. The molecular formula is C16H13ClN2O4S. The highest BCUT2D eigenvalue weighted by atomic mass is 35.5. The number of sulfonamides is 1. The van der Waals surface area contributed by atoms with Crippen molar-refractivity contribution < 1.29 is 18.0 Å². The Bertz CT molecular complexity index is 927. The molecule has 8 heteroatoms. The predicted molar refractivity (Wildman–Crippen MR) is 89.4 cm³/mol. The quantitative estimate of drug-likeness (QED) is 0.903. The van der Waals surface area contributed by atoms with E-state index in [2.05, 4.69) is 5.32 Å². The number of benzene rings is 2. The van der Waals surface area contributed by atoms with Crippen LogP contribution >= 0.6 is 11.6 Å². The number of fused-ring (bicyclic) bond motifs is 1. The lowest BCUT2D eigenvalue weighted by Crippen LogP contribution is -2.33.